The van der Waals surface area contributed by atoms with Crippen LogP contribution in [0.5, 0.6) is 0 Å². The number of benzene rings is 1. The van der Waals surface area contributed by atoms with Crippen LogP contribution >= 0.6 is 31.9 Å². The standard InChI is InChI=1S/C7H3Br2N4/c8-4-1-2-6(9)5(3-4)7-10-12-13-11-7/h1-3H/q-1. The minimum atomic E-state index is 0.521. The van der Waals surface area contributed by atoms with Crippen LogP contribution in [0.3, 0.4) is 0 Å². The average Bonchev–Trinajstić information content (AvgIpc) is 2.61. The molecular weight excluding hydrogens is 300 g/mol. The number of halogens is 2. The molecule has 0 saturated carbocycles. The van der Waals surface area contributed by atoms with Crippen LogP contribution in [0.4, 0.5) is 0 Å². The van der Waals surface area contributed by atoms with Crippen LogP contribution in [0.2, 0.25) is 0 Å². The summed E-state index contributed by atoms with van der Waals surface area (Å²) in [5, 5.41) is 14.4. The summed E-state index contributed by atoms with van der Waals surface area (Å²) in [5.74, 6) is 0.521. The van der Waals surface area contributed by atoms with Crippen molar-refractivity contribution in [2.75, 3.05) is 0 Å². The van der Waals surface area contributed by atoms with E-state index in [1.807, 2.05) is 18.2 Å². The highest BCUT2D eigenvalue weighted by molar-refractivity contribution is 9.11. The average molecular weight is 303 g/mol. The first-order valence-electron chi connectivity index (χ1n) is 3.41. The van der Waals surface area contributed by atoms with Crippen LogP contribution in [-0.4, -0.2) is 15.5 Å². The Hall–Kier alpha value is -0.750. The van der Waals surface area contributed by atoms with E-state index in [9.17, 15) is 0 Å². The number of nitrogens with zero attached hydrogens (tertiary/aromatic N) is 4. The van der Waals surface area contributed by atoms with E-state index in [1.54, 1.807) is 0 Å². The number of hydrogen-bond acceptors (Lipinski definition) is 3. The third-order valence-corrected chi connectivity index (χ3v) is 2.67. The molecule has 0 saturated heterocycles. The fraction of sp³-hybridized carbons (Fsp3) is 0. The lowest BCUT2D eigenvalue weighted by Gasteiger charge is -2.03. The maximum Gasteiger partial charge on any atom is 0.0408 e. The third kappa shape index (κ3) is 1.78. The van der Waals surface area contributed by atoms with Gasteiger partial charge in [-0.05, 0) is 18.2 Å². The summed E-state index contributed by atoms with van der Waals surface area (Å²) in [6.07, 6.45) is 0. The van der Waals surface area contributed by atoms with Gasteiger partial charge >= 0.3 is 0 Å². The van der Waals surface area contributed by atoms with E-state index in [0.29, 0.717) is 5.82 Å². The van der Waals surface area contributed by atoms with Gasteiger partial charge in [0.2, 0.25) is 0 Å². The minimum Gasteiger partial charge on any atom is -0.330 e. The highest BCUT2D eigenvalue weighted by Crippen LogP contribution is 2.27. The van der Waals surface area contributed by atoms with Crippen LogP contribution in [-0.2, 0) is 0 Å². The summed E-state index contributed by atoms with van der Waals surface area (Å²) in [6.45, 7) is 0. The number of hydrogen-bond donors (Lipinski definition) is 0. The Morgan fingerprint density at radius 2 is 2.08 bits per heavy atom. The molecule has 0 spiro atoms. The zero-order chi connectivity index (χ0) is 9.26. The fourth-order valence-corrected chi connectivity index (χ4v) is 1.71. The molecule has 2 rings (SSSR count). The van der Waals surface area contributed by atoms with Crippen molar-refractivity contribution in [1.82, 2.24) is 20.6 Å². The Kier molecular flexibility index (Phi) is 2.41. The summed E-state index contributed by atoms with van der Waals surface area (Å²) < 4.78 is 1.89. The van der Waals surface area contributed by atoms with Crippen LogP contribution in [0.25, 0.3) is 11.4 Å². The molecule has 66 valence electrons. The summed E-state index contributed by atoms with van der Waals surface area (Å²) in [7, 11) is 0. The van der Waals surface area contributed by atoms with E-state index in [1.165, 1.54) is 0 Å². The molecule has 0 unspecified atom stereocenters. The zero-order valence-electron chi connectivity index (χ0n) is 6.28. The second kappa shape index (κ2) is 3.55. The van der Waals surface area contributed by atoms with E-state index in [2.05, 4.69) is 52.5 Å². The molecule has 0 aliphatic carbocycles. The van der Waals surface area contributed by atoms with Crippen molar-refractivity contribution in [2.45, 2.75) is 0 Å². The monoisotopic (exact) mass is 301 g/mol. The van der Waals surface area contributed by atoms with Gasteiger partial charge in [0.15, 0.2) is 0 Å². The van der Waals surface area contributed by atoms with Crippen molar-refractivity contribution < 1.29 is 0 Å². The first-order valence-corrected chi connectivity index (χ1v) is 5.00. The summed E-state index contributed by atoms with van der Waals surface area (Å²) in [4.78, 5) is 0. The molecule has 1 heterocycles. The van der Waals surface area contributed by atoms with Gasteiger partial charge in [-0.2, -0.15) is 5.21 Å². The van der Waals surface area contributed by atoms with Crippen LogP contribution in [0.1, 0.15) is 0 Å². The first-order chi connectivity index (χ1) is 6.27. The molecule has 0 aliphatic rings. The van der Waals surface area contributed by atoms with Gasteiger partial charge < -0.3 is 5.10 Å². The molecule has 0 bridgehead atoms. The molecular formula is C7H3Br2N4-. The van der Waals surface area contributed by atoms with Crippen molar-refractivity contribution in [3.8, 4) is 11.4 Å². The lowest BCUT2D eigenvalue weighted by molar-refractivity contribution is 0.871. The first kappa shape index (κ1) is 8.83. The Morgan fingerprint density at radius 1 is 1.23 bits per heavy atom. The highest BCUT2D eigenvalue weighted by atomic mass is 79.9. The maximum atomic E-state index is 3.77. The van der Waals surface area contributed by atoms with Crippen LogP contribution in [0.15, 0.2) is 27.1 Å². The predicted octanol–water partition coefficient (Wildman–Crippen LogP) is 2.02. The van der Waals surface area contributed by atoms with Gasteiger partial charge in [0.25, 0.3) is 0 Å². The van der Waals surface area contributed by atoms with Crippen LogP contribution < -0.4 is 5.10 Å². The number of tetrazole rings is 1. The molecule has 0 radical (unpaired) electrons. The Bertz CT molecular complexity index is 412. The van der Waals surface area contributed by atoms with E-state index < -0.39 is 0 Å². The van der Waals surface area contributed by atoms with Gasteiger partial charge in [-0.25, -0.2) is 0 Å². The van der Waals surface area contributed by atoms with E-state index in [0.717, 1.165) is 14.5 Å². The lowest BCUT2D eigenvalue weighted by atomic mass is 10.2. The molecule has 1 aromatic carbocycles. The molecule has 4 nitrogen and oxygen atoms in total. The topological polar surface area (TPSA) is 52.8 Å². The molecule has 0 N–H and O–H groups in total. The van der Waals surface area contributed by atoms with E-state index >= 15 is 0 Å². The Morgan fingerprint density at radius 3 is 2.77 bits per heavy atom. The van der Waals surface area contributed by atoms with Crippen molar-refractivity contribution in [2.24, 2.45) is 0 Å². The van der Waals surface area contributed by atoms with Crippen molar-refractivity contribution in [3.63, 3.8) is 0 Å². The fourth-order valence-electron chi connectivity index (χ4n) is 0.921. The molecule has 6 heteroatoms. The molecule has 0 aliphatic heterocycles. The normalized spacial score (nSPS) is 10.3. The SMILES string of the molecule is Brc1ccc(Br)c(-c2nnn[n-]2)c1. The Balaban J connectivity index is 2.57. The second-order valence-corrected chi connectivity index (χ2v) is 4.10. The van der Waals surface area contributed by atoms with E-state index in [4.69, 9.17) is 0 Å². The van der Waals surface area contributed by atoms with Gasteiger partial charge in [-0.3, -0.25) is 10.3 Å². The zero-order valence-corrected chi connectivity index (χ0v) is 9.45. The van der Waals surface area contributed by atoms with Gasteiger partial charge in [0.05, 0.1) is 0 Å². The summed E-state index contributed by atoms with van der Waals surface area (Å²) in [5.41, 5.74) is 0.874. The second-order valence-electron chi connectivity index (χ2n) is 2.33. The quantitative estimate of drug-likeness (QED) is 0.809. The summed E-state index contributed by atoms with van der Waals surface area (Å²) in [6, 6.07) is 5.75. The van der Waals surface area contributed by atoms with Crippen molar-refractivity contribution in [1.29, 1.82) is 0 Å². The van der Waals surface area contributed by atoms with Gasteiger partial charge in [0.1, 0.15) is 0 Å². The van der Waals surface area contributed by atoms with Crippen LogP contribution in [0, 0.1) is 0 Å². The molecule has 0 atom stereocenters. The van der Waals surface area contributed by atoms with E-state index in [-0.39, 0.29) is 0 Å². The Labute approximate surface area is 91.0 Å². The van der Waals surface area contributed by atoms with Gasteiger partial charge in [-0.15, -0.1) is 0 Å². The van der Waals surface area contributed by atoms with Crippen molar-refractivity contribution >= 4 is 31.9 Å². The largest absolute Gasteiger partial charge is 0.330 e. The van der Waals surface area contributed by atoms with Gasteiger partial charge in [-0.1, -0.05) is 31.9 Å². The maximum absolute atomic E-state index is 3.77. The smallest absolute Gasteiger partial charge is 0.0408 e. The van der Waals surface area contributed by atoms with Gasteiger partial charge in [0, 0.05) is 20.3 Å². The lowest BCUT2D eigenvalue weighted by Crippen LogP contribution is -1.84. The van der Waals surface area contributed by atoms with Crippen molar-refractivity contribution in [3.05, 3.63) is 27.1 Å². The highest BCUT2D eigenvalue weighted by Gasteiger charge is 2.01. The summed E-state index contributed by atoms with van der Waals surface area (Å²) >= 11 is 6.76. The number of rotatable bonds is 1. The predicted molar refractivity (Wildman–Crippen MR) is 54.0 cm³/mol. The molecule has 1 aromatic heterocycles. The molecule has 13 heavy (non-hydrogen) atoms. The molecule has 2 aromatic rings. The minimum absolute atomic E-state index is 0.521. The number of aromatic nitrogens is 4. The molecule has 0 amide bonds. The third-order valence-electron chi connectivity index (χ3n) is 1.49. The molecule has 0 fully saturated rings.